The average Bonchev–Trinajstić information content (AvgIpc) is 3.33. The standard InChI is InChI=1S/C26H27N7O4/c1-4-22(34)19-12-28-24(31-23-9-8-16(11-27-23)37-17-13-36-14-17)10-21(19)30-20-7-5-6-18(25(20)35-3)26-29-15-33(2)32-26/h5-12,15,17H,4,13-14H2,1-3H3,(H2,27,28,30,31). The van der Waals surface area contributed by atoms with Crippen LogP contribution in [0.1, 0.15) is 23.7 Å². The van der Waals surface area contributed by atoms with Gasteiger partial charge in [0.1, 0.15) is 29.8 Å². The highest BCUT2D eigenvalue weighted by Gasteiger charge is 2.20. The second kappa shape index (κ2) is 10.6. The number of pyridine rings is 2. The predicted molar refractivity (Wildman–Crippen MR) is 138 cm³/mol. The topological polar surface area (TPSA) is 125 Å². The summed E-state index contributed by atoms with van der Waals surface area (Å²) in [7, 11) is 3.39. The van der Waals surface area contributed by atoms with Crippen LogP contribution in [0.2, 0.25) is 0 Å². The fraction of sp³-hybridized carbons (Fsp3) is 0.269. The number of ether oxygens (including phenoxy) is 3. The van der Waals surface area contributed by atoms with E-state index in [2.05, 4.69) is 30.7 Å². The first-order valence-corrected chi connectivity index (χ1v) is 11.8. The summed E-state index contributed by atoms with van der Waals surface area (Å²) >= 11 is 0. The lowest BCUT2D eigenvalue weighted by atomic mass is 10.1. The number of nitrogens with one attached hydrogen (secondary N) is 2. The van der Waals surface area contributed by atoms with E-state index in [1.807, 2.05) is 31.2 Å². The minimum atomic E-state index is -0.0392. The summed E-state index contributed by atoms with van der Waals surface area (Å²) in [6, 6.07) is 11.0. The molecule has 11 heteroatoms. The molecule has 1 aliphatic heterocycles. The van der Waals surface area contributed by atoms with Crippen molar-refractivity contribution < 1.29 is 19.0 Å². The van der Waals surface area contributed by atoms with Crippen molar-refractivity contribution in [3.05, 3.63) is 60.7 Å². The number of benzene rings is 1. The molecule has 0 radical (unpaired) electrons. The molecule has 1 aromatic carbocycles. The highest BCUT2D eigenvalue weighted by Crippen LogP contribution is 2.37. The molecule has 37 heavy (non-hydrogen) atoms. The number of carbonyl (C=O) groups is 1. The number of anilines is 4. The third-order valence-electron chi connectivity index (χ3n) is 5.76. The first kappa shape index (κ1) is 24.2. The SMILES string of the molecule is CCC(=O)c1cnc(Nc2ccc(OC3COC3)cn2)cc1Nc1cccc(-c2ncn(C)n2)c1OC. The van der Waals surface area contributed by atoms with Gasteiger partial charge in [0.25, 0.3) is 0 Å². The van der Waals surface area contributed by atoms with Crippen LogP contribution in [0.3, 0.4) is 0 Å². The second-order valence-electron chi connectivity index (χ2n) is 8.43. The van der Waals surface area contributed by atoms with Crippen molar-refractivity contribution >= 4 is 28.8 Å². The fourth-order valence-electron chi connectivity index (χ4n) is 3.81. The number of hydrogen-bond acceptors (Lipinski definition) is 10. The van der Waals surface area contributed by atoms with Crippen LogP contribution in [-0.4, -0.2) is 56.9 Å². The summed E-state index contributed by atoms with van der Waals surface area (Å²) in [5, 5.41) is 10.9. The lowest BCUT2D eigenvalue weighted by Crippen LogP contribution is -2.38. The molecule has 1 fully saturated rings. The summed E-state index contributed by atoms with van der Waals surface area (Å²) in [4.78, 5) is 25.9. The molecule has 1 saturated heterocycles. The number of carbonyl (C=O) groups excluding carboxylic acids is 1. The normalized spacial score (nSPS) is 13.1. The Bertz CT molecular complexity index is 1400. The molecule has 2 N–H and O–H groups in total. The van der Waals surface area contributed by atoms with E-state index in [-0.39, 0.29) is 11.9 Å². The van der Waals surface area contributed by atoms with E-state index in [1.165, 1.54) is 0 Å². The molecule has 3 aromatic heterocycles. The van der Waals surface area contributed by atoms with Gasteiger partial charge in [-0.15, -0.1) is 0 Å². The van der Waals surface area contributed by atoms with Gasteiger partial charge < -0.3 is 24.8 Å². The minimum Gasteiger partial charge on any atom is -0.494 e. The quantitative estimate of drug-likeness (QED) is 0.306. The van der Waals surface area contributed by atoms with Gasteiger partial charge >= 0.3 is 0 Å². The predicted octanol–water partition coefficient (Wildman–Crippen LogP) is 4.14. The van der Waals surface area contributed by atoms with E-state index >= 15 is 0 Å². The molecule has 4 heterocycles. The number of methoxy groups -OCH3 is 1. The van der Waals surface area contributed by atoms with E-state index in [0.29, 0.717) is 65.5 Å². The monoisotopic (exact) mass is 501 g/mol. The van der Waals surface area contributed by atoms with Crippen molar-refractivity contribution in [1.82, 2.24) is 24.7 Å². The van der Waals surface area contributed by atoms with E-state index in [1.54, 1.807) is 49.7 Å². The maximum atomic E-state index is 12.7. The van der Waals surface area contributed by atoms with Crippen LogP contribution in [0.5, 0.6) is 11.5 Å². The number of aryl methyl sites for hydroxylation is 1. The van der Waals surface area contributed by atoms with Crippen molar-refractivity contribution in [1.29, 1.82) is 0 Å². The highest BCUT2D eigenvalue weighted by atomic mass is 16.6. The van der Waals surface area contributed by atoms with E-state index < -0.39 is 0 Å². The Labute approximate surface area is 213 Å². The summed E-state index contributed by atoms with van der Waals surface area (Å²) in [6.45, 7) is 3.00. The van der Waals surface area contributed by atoms with Crippen molar-refractivity contribution in [3.8, 4) is 22.9 Å². The first-order valence-electron chi connectivity index (χ1n) is 11.8. The van der Waals surface area contributed by atoms with Crippen molar-refractivity contribution in [2.24, 2.45) is 7.05 Å². The van der Waals surface area contributed by atoms with Gasteiger partial charge in [-0.3, -0.25) is 9.48 Å². The lowest BCUT2D eigenvalue weighted by molar-refractivity contribution is -0.0797. The van der Waals surface area contributed by atoms with Gasteiger partial charge in [0.2, 0.25) is 0 Å². The van der Waals surface area contributed by atoms with Crippen LogP contribution in [0.15, 0.2) is 55.1 Å². The number of rotatable bonds is 10. The van der Waals surface area contributed by atoms with Gasteiger partial charge in [-0.25, -0.2) is 15.0 Å². The lowest BCUT2D eigenvalue weighted by Gasteiger charge is -2.26. The highest BCUT2D eigenvalue weighted by molar-refractivity contribution is 6.02. The van der Waals surface area contributed by atoms with Gasteiger partial charge in [-0.1, -0.05) is 13.0 Å². The molecule has 0 unspecified atom stereocenters. The zero-order valence-electron chi connectivity index (χ0n) is 20.8. The van der Waals surface area contributed by atoms with Crippen LogP contribution < -0.4 is 20.1 Å². The van der Waals surface area contributed by atoms with Crippen LogP contribution in [0.4, 0.5) is 23.0 Å². The fourth-order valence-corrected chi connectivity index (χ4v) is 3.81. The Morgan fingerprint density at radius 2 is 1.92 bits per heavy atom. The first-order chi connectivity index (χ1) is 18.0. The van der Waals surface area contributed by atoms with Gasteiger partial charge in [0.05, 0.1) is 49.0 Å². The van der Waals surface area contributed by atoms with Crippen LogP contribution >= 0.6 is 0 Å². The number of hydrogen-bond donors (Lipinski definition) is 2. The molecule has 4 aromatic rings. The minimum absolute atomic E-state index is 0.0392. The number of aromatic nitrogens is 5. The molecular weight excluding hydrogens is 474 g/mol. The summed E-state index contributed by atoms with van der Waals surface area (Å²) in [5.74, 6) is 2.84. The number of nitrogens with zero attached hydrogens (tertiary/aromatic N) is 5. The van der Waals surface area contributed by atoms with Gasteiger partial charge in [0.15, 0.2) is 17.4 Å². The van der Waals surface area contributed by atoms with Crippen LogP contribution in [-0.2, 0) is 11.8 Å². The Morgan fingerprint density at radius 1 is 1.08 bits per heavy atom. The largest absolute Gasteiger partial charge is 0.494 e. The summed E-state index contributed by atoms with van der Waals surface area (Å²) < 4.78 is 18.2. The number of ketones is 1. The average molecular weight is 502 g/mol. The van der Waals surface area contributed by atoms with E-state index in [9.17, 15) is 4.79 Å². The third kappa shape index (κ3) is 5.36. The smallest absolute Gasteiger partial charge is 0.184 e. The molecular formula is C26H27N7O4. The summed E-state index contributed by atoms with van der Waals surface area (Å²) in [6.07, 6.45) is 5.25. The van der Waals surface area contributed by atoms with E-state index in [4.69, 9.17) is 14.2 Å². The third-order valence-corrected chi connectivity index (χ3v) is 5.76. The Morgan fingerprint density at radius 3 is 2.57 bits per heavy atom. The number of para-hydroxylation sites is 1. The maximum absolute atomic E-state index is 12.7. The molecule has 0 spiro atoms. The Hall–Kier alpha value is -4.51. The molecule has 0 amide bonds. The van der Waals surface area contributed by atoms with Gasteiger partial charge in [-0.2, -0.15) is 5.10 Å². The Balaban J connectivity index is 1.42. The van der Waals surface area contributed by atoms with Gasteiger partial charge in [0, 0.05) is 25.7 Å². The zero-order valence-corrected chi connectivity index (χ0v) is 20.8. The van der Waals surface area contributed by atoms with Gasteiger partial charge in [-0.05, 0) is 24.3 Å². The molecule has 0 atom stereocenters. The van der Waals surface area contributed by atoms with Crippen LogP contribution in [0, 0.1) is 0 Å². The Kier molecular flexibility index (Phi) is 6.95. The number of Topliss-reactive ketones (excluding diaryl/α,β-unsaturated/α-hetero) is 1. The van der Waals surface area contributed by atoms with E-state index in [0.717, 1.165) is 5.56 Å². The van der Waals surface area contributed by atoms with Crippen LogP contribution in [0.25, 0.3) is 11.4 Å². The van der Waals surface area contributed by atoms with Crippen molar-refractivity contribution in [2.75, 3.05) is 31.0 Å². The van der Waals surface area contributed by atoms with Crippen molar-refractivity contribution in [2.45, 2.75) is 19.4 Å². The molecule has 11 nitrogen and oxygen atoms in total. The molecule has 0 aliphatic carbocycles. The summed E-state index contributed by atoms with van der Waals surface area (Å²) in [5.41, 5.74) is 2.44. The molecule has 0 saturated carbocycles. The zero-order chi connectivity index (χ0) is 25.8. The molecule has 0 bridgehead atoms. The molecule has 1 aliphatic rings. The molecule has 5 rings (SSSR count). The second-order valence-corrected chi connectivity index (χ2v) is 8.43. The van der Waals surface area contributed by atoms with Crippen molar-refractivity contribution in [3.63, 3.8) is 0 Å². The maximum Gasteiger partial charge on any atom is 0.184 e. The molecule has 190 valence electrons.